The molecular weight excluding hydrogens is 221 g/mol. The Bertz CT molecular complexity index is 523. The summed E-state index contributed by atoms with van der Waals surface area (Å²) in [6, 6.07) is 4.57. The van der Waals surface area contributed by atoms with Gasteiger partial charge in [0.25, 0.3) is 5.89 Å². The molecule has 17 heavy (non-hydrogen) atoms. The number of hydrogen-bond donors (Lipinski definition) is 1. The second-order valence-corrected chi connectivity index (χ2v) is 4.66. The van der Waals surface area contributed by atoms with Gasteiger partial charge in [0.15, 0.2) is 5.82 Å². The third-order valence-corrected chi connectivity index (χ3v) is 2.29. The summed E-state index contributed by atoms with van der Waals surface area (Å²) in [4.78, 5) is 4.16. The Morgan fingerprint density at radius 1 is 1.29 bits per heavy atom. The monoisotopic (exact) mass is 235 g/mol. The predicted molar refractivity (Wildman–Crippen MR) is 61.6 cm³/mol. The zero-order chi connectivity index (χ0) is 12.6. The Labute approximate surface area is 98.6 Å². The van der Waals surface area contributed by atoms with E-state index >= 15 is 0 Å². The van der Waals surface area contributed by atoms with Crippen molar-refractivity contribution in [3.8, 4) is 11.5 Å². The summed E-state index contributed by atoms with van der Waals surface area (Å²) in [5, 5.41) is 3.79. The molecule has 0 amide bonds. The molecule has 1 aromatic heterocycles. The molecule has 0 saturated carbocycles. The molecule has 0 bridgehead atoms. The molecule has 0 aliphatic carbocycles. The molecule has 0 atom stereocenters. The Morgan fingerprint density at radius 3 is 2.53 bits per heavy atom. The van der Waals surface area contributed by atoms with E-state index in [-0.39, 0.29) is 11.7 Å². The van der Waals surface area contributed by atoms with Crippen molar-refractivity contribution in [1.82, 2.24) is 10.1 Å². The number of aryl methyl sites for hydroxylation is 1. The molecule has 1 heterocycles. The zero-order valence-corrected chi connectivity index (χ0v) is 9.99. The third-order valence-electron chi connectivity index (χ3n) is 2.29. The SMILES string of the molecule is Cc1cc(F)cc(-c2nc(C(C)(C)N)no2)c1. The minimum Gasteiger partial charge on any atom is -0.334 e. The molecule has 2 N–H and O–H groups in total. The molecule has 1 aromatic carbocycles. The highest BCUT2D eigenvalue weighted by Crippen LogP contribution is 2.22. The minimum absolute atomic E-state index is 0.279. The van der Waals surface area contributed by atoms with Crippen LogP contribution in [0.1, 0.15) is 25.2 Å². The largest absolute Gasteiger partial charge is 0.334 e. The number of aromatic nitrogens is 2. The van der Waals surface area contributed by atoms with Gasteiger partial charge in [-0.15, -0.1) is 0 Å². The lowest BCUT2D eigenvalue weighted by atomic mass is 10.1. The van der Waals surface area contributed by atoms with Gasteiger partial charge in [-0.3, -0.25) is 0 Å². The molecule has 2 aromatic rings. The Morgan fingerprint density at radius 2 is 2.00 bits per heavy atom. The lowest BCUT2D eigenvalue weighted by Gasteiger charge is -2.11. The van der Waals surface area contributed by atoms with E-state index in [9.17, 15) is 4.39 Å². The summed E-state index contributed by atoms with van der Waals surface area (Å²) in [5.41, 5.74) is 6.53. The zero-order valence-electron chi connectivity index (χ0n) is 9.99. The molecule has 0 aliphatic heterocycles. The Balaban J connectivity index is 2.44. The number of nitrogens with two attached hydrogens (primary N) is 1. The van der Waals surface area contributed by atoms with Crippen molar-refractivity contribution >= 4 is 0 Å². The third kappa shape index (κ3) is 2.50. The fourth-order valence-corrected chi connectivity index (χ4v) is 1.46. The first-order chi connectivity index (χ1) is 7.86. The Kier molecular flexibility index (Phi) is 2.71. The highest BCUT2D eigenvalue weighted by atomic mass is 19.1. The molecule has 5 heteroatoms. The van der Waals surface area contributed by atoms with Crippen LogP contribution in [0.2, 0.25) is 0 Å². The van der Waals surface area contributed by atoms with E-state index in [4.69, 9.17) is 10.3 Å². The van der Waals surface area contributed by atoms with Gasteiger partial charge in [-0.25, -0.2) is 4.39 Å². The summed E-state index contributed by atoms with van der Waals surface area (Å²) >= 11 is 0. The van der Waals surface area contributed by atoms with Crippen LogP contribution in [0.15, 0.2) is 22.7 Å². The van der Waals surface area contributed by atoms with Gasteiger partial charge in [-0.05, 0) is 44.5 Å². The van der Waals surface area contributed by atoms with Gasteiger partial charge in [0.05, 0.1) is 5.54 Å². The lowest BCUT2D eigenvalue weighted by Crippen LogP contribution is -2.30. The topological polar surface area (TPSA) is 64.9 Å². The van der Waals surface area contributed by atoms with Crippen molar-refractivity contribution in [3.05, 3.63) is 35.4 Å². The van der Waals surface area contributed by atoms with Gasteiger partial charge >= 0.3 is 0 Å². The quantitative estimate of drug-likeness (QED) is 0.867. The first kappa shape index (κ1) is 11.7. The van der Waals surface area contributed by atoms with Crippen molar-refractivity contribution in [3.63, 3.8) is 0 Å². The van der Waals surface area contributed by atoms with E-state index < -0.39 is 5.54 Å². The van der Waals surface area contributed by atoms with Crippen LogP contribution in [0.25, 0.3) is 11.5 Å². The summed E-state index contributed by atoms with van der Waals surface area (Å²) < 4.78 is 18.3. The van der Waals surface area contributed by atoms with E-state index in [1.54, 1.807) is 26.8 Å². The normalized spacial score (nSPS) is 11.8. The molecule has 0 radical (unpaired) electrons. The van der Waals surface area contributed by atoms with Gasteiger partial charge < -0.3 is 10.3 Å². The van der Waals surface area contributed by atoms with Crippen LogP contribution in [0.4, 0.5) is 4.39 Å². The van der Waals surface area contributed by atoms with Gasteiger partial charge in [0.2, 0.25) is 0 Å². The number of benzene rings is 1. The first-order valence-electron chi connectivity index (χ1n) is 5.27. The maximum atomic E-state index is 13.2. The molecular formula is C12H14FN3O. The van der Waals surface area contributed by atoms with Gasteiger partial charge in [0, 0.05) is 5.56 Å². The lowest BCUT2D eigenvalue weighted by molar-refractivity contribution is 0.397. The molecule has 4 nitrogen and oxygen atoms in total. The molecule has 0 aliphatic rings. The van der Waals surface area contributed by atoms with Crippen LogP contribution in [-0.2, 0) is 5.54 Å². The van der Waals surface area contributed by atoms with Crippen LogP contribution in [0, 0.1) is 12.7 Å². The fraction of sp³-hybridized carbons (Fsp3) is 0.333. The summed E-state index contributed by atoms with van der Waals surface area (Å²) in [6.45, 7) is 5.35. The maximum Gasteiger partial charge on any atom is 0.258 e. The first-order valence-corrected chi connectivity index (χ1v) is 5.27. The summed E-state index contributed by atoms with van der Waals surface area (Å²) in [7, 11) is 0. The number of halogens is 1. The molecule has 0 fully saturated rings. The predicted octanol–water partition coefficient (Wildman–Crippen LogP) is 2.38. The van der Waals surface area contributed by atoms with Crippen molar-refractivity contribution in [2.24, 2.45) is 5.73 Å². The van der Waals surface area contributed by atoms with Crippen molar-refractivity contribution < 1.29 is 8.91 Å². The average molecular weight is 235 g/mol. The maximum absolute atomic E-state index is 13.2. The molecule has 0 unspecified atom stereocenters. The smallest absolute Gasteiger partial charge is 0.258 e. The molecule has 90 valence electrons. The summed E-state index contributed by atoms with van der Waals surface area (Å²) in [6.07, 6.45) is 0. The van der Waals surface area contributed by atoms with Gasteiger partial charge in [0.1, 0.15) is 5.82 Å². The van der Waals surface area contributed by atoms with Gasteiger partial charge in [-0.1, -0.05) is 5.16 Å². The van der Waals surface area contributed by atoms with Crippen LogP contribution < -0.4 is 5.73 Å². The minimum atomic E-state index is -0.676. The molecule has 0 spiro atoms. The highest BCUT2D eigenvalue weighted by molar-refractivity contribution is 5.54. The molecule has 2 rings (SSSR count). The van der Waals surface area contributed by atoms with E-state index in [1.165, 1.54) is 12.1 Å². The van der Waals surface area contributed by atoms with E-state index in [2.05, 4.69) is 10.1 Å². The fourth-order valence-electron chi connectivity index (χ4n) is 1.46. The number of hydrogen-bond acceptors (Lipinski definition) is 4. The van der Waals surface area contributed by atoms with E-state index in [1.807, 2.05) is 0 Å². The average Bonchev–Trinajstić information content (AvgIpc) is 2.63. The van der Waals surface area contributed by atoms with Crippen LogP contribution >= 0.6 is 0 Å². The second kappa shape index (κ2) is 3.92. The van der Waals surface area contributed by atoms with Crippen molar-refractivity contribution in [2.45, 2.75) is 26.3 Å². The van der Waals surface area contributed by atoms with Gasteiger partial charge in [-0.2, -0.15) is 4.98 Å². The number of rotatable bonds is 2. The van der Waals surface area contributed by atoms with Crippen LogP contribution in [0.3, 0.4) is 0 Å². The Hall–Kier alpha value is -1.75. The van der Waals surface area contributed by atoms with Crippen molar-refractivity contribution in [2.75, 3.05) is 0 Å². The van der Waals surface area contributed by atoms with Crippen LogP contribution in [0.5, 0.6) is 0 Å². The van der Waals surface area contributed by atoms with E-state index in [0.717, 1.165) is 5.56 Å². The molecule has 0 saturated heterocycles. The highest BCUT2D eigenvalue weighted by Gasteiger charge is 2.22. The number of nitrogens with zero attached hydrogens (tertiary/aromatic N) is 2. The standard InChI is InChI=1S/C12H14FN3O/c1-7-4-8(6-9(13)5-7)10-15-11(16-17-10)12(2,3)14/h4-6H,14H2,1-3H3. The van der Waals surface area contributed by atoms with Crippen molar-refractivity contribution in [1.29, 1.82) is 0 Å². The summed E-state index contributed by atoms with van der Waals surface area (Å²) in [5.74, 6) is 0.349. The van der Waals surface area contributed by atoms with E-state index in [0.29, 0.717) is 11.4 Å². The van der Waals surface area contributed by atoms with Crippen LogP contribution in [-0.4, -0.2) is 10.1 Å². The second-order valence-electron chi connectivity index (χ2n) is 4.66.